The van der Waals surface area contributed by atoms with E-state index in [1.54, 1.807) is 6.07 Å². The molecule has 0 radical (unpaired) electrons. The zero-order chi connectivity index (χ0) is 18.0. The number of halogens is 3. The van der Waals surface area contributed by atoms with Crippen LogP contribution in [0.1, 0.15) is 0 Å². The number of rotatable bonds is 5. The van der Waals surface area contributed by atoms with E-state index in [0.29, 0.717) is 22.8 Å². The summed E-state index contributed by atoms with van der Waals surface area (Å²) in [5, 5.41) is 4.18. The van der Waals surface area contributed by atoms with E-state index in [1.807, 2.05) is 19.0 Å². The van der Waals surface area contributed by atoms with Gasteiger partial charge in [-0.1, -0.05) is 11.6 Å². The van der Waals surface area contributed by atoms with Crippen molar-refractivity contribution in [3.05, 3.63) is 21.4 Å². The smallest absolute Gasteiger partial charge is 0.319 e. The van der Waals surface area contributed by atoms with Gasteiger partial charge in [0.15, 0.2) is 5.82 Å². The molecule has 0 bridgehead atoms. The first-order valence-electron chi connectivity index (χ1n) is 8.06. The first kappa shape index (κ1) is 18.6. The number of fused-ring (bicyclic) bond motifs is 1. The van der Waals surface area contributed by atoms with Crippen LogP contribution in [0, 0.1) is 5.82 Å². The number of hydrogen-bond acceptors (Lipinski definition) is 6. The van der Waals surface area contributed by atoms with Crippen molar-refractivity contribution in [2.24, 2.45) is 0 Å². The summed E-state index contributed by atoms with van der Waals surface area (Å²) in [5.74, 6) is 0.151. The lowest BCUT2D eigenvalue weighted by atomic mass is 10.2. The maximum atomic E-state index is 14.7. The number of likely N-dealkylation sites (N-methyl/N-ethyl adjacent to an activating group) is 1. The highest BCUT2D eigenvalue weighted by molar-refractivity contribution is 9.10. The van der Waals surface area contributed by atoms with Gasteiger partial charge in [-0.05, 0) is 36.1 Å². The fourth-order valence-corrected chi connectivity index (χ4v) is 3.13. The quantitative estimate of drug-likeness (QED) is 0.733. The third-order valence-electron chi connectivity index (χ3n) is 3.97. The fraction of sp³-hybridized carbons (Fsp3) is 0.500. The largest absolute Gasteiger partial charge is 0.462 e. The molecule has 0 saturated carbocycles. The van der Waals surface area contributed by atoms with Crippen LogP contribution in [-0.2, 0) is 0 Å². The van der Waals surface area contributed by atoms with Crippen molar-refractivity contribution in [3.63, 3.8) is 0 Å². The molecule has 136 valence electrons. The monoisotopic (exact) mass is 431 g/mol. The normalized spacial score (nSPS) is 15.2. The van der Waals surface area contributed by atoms with E-state index in [-0.39, 0.29) is 16.0 Å². The number of benzene rings is 1. The van der Waals surface area contributed by atoms with Gasteiger partial charge in [-0.25, -0.2) is 4.39 Å². The molecule has 0 amide bonds. The van der Waals surface area contributed by atoms with E-state index in [4.69, 9.17) is 16.3 Å². The van der Waals surface area contributed by atoms with Crippen LogP contribution in [0.3, 0.4) is 0 Å². The van der Waals surface area contributed by atoms with Gasteiger partial charge in [0.05, 0.1) is 9.50 Å². The molecule has 25 heavy (non-hydrogen) atoms. The Morgan fingerprint density at radius 3 is 2.76 bits per heavy atom. The van der Waals surface area contributed by atoms with Crippen LogP contribution in [-0.4, -0.2) is 68.3 Å². The predicted molar refractivity (Wildman–Crippen MR) is 101 cm³/mol. The van der Waals surface area contributed by atoms with Crippen LogP contribution in [0.2, 0.25) is 5.02 Å². The van der Waals surface area contributed by atoms with Crippen LogP contribution in [0.4, 0.5) is 10.2 Å². The molecule has 3 rings (SSSR count). The molecule has 0 spiro atoms. The lowest BCUT2D eigenvalue weighted by molar-refractivity contribution is 0.246. The van der Waals surface area contributed by atoms with Gasteiger partial charge in [0, 0.05) is 38.1 Å². The molecule has 0 atom stereocenters. The third kappa shape index (κ3) is 4.13. The highest BCUT2D eigenvalue weighted by Gasteiger charge is 2.21. The molecule has 1 fully saturated rings. The van der Waals surface area contributed by atoms with Crippen molar-refractivity contribution >= 4 is 44.3 Å². The summed E-state index contributed by atoms with van der Waals surface area (Å²) < 4.78 is 20.6. The van der Waals surface area contributed by atoms with Gasteiger partial charge in [0.2, 0.25) is 0 Å². The second-order valence-corrected chi connectivity index (χ2v) is 7.30. The Morgan fingerprint density at radius 2 is 2.08 bits per heavy atom. The van der Waals surface area contributed by atoms with Crippen molar-refractivity contribution in [1.29, 1.82) is 0 Å². The summed E-state index contributed by atoms with van der Waals surface area (Å²) in [6.45, 7) is 4.38. The molecule has 2 heterocycles. The number of hydrogen-bond donors (Lipinski definition) is 1. The first-order chi connectivity index (χ1) is 12.0. The number of nitrogens with zero attached hydrogens (tertiary/aromatic N) is 4. The molecule has 6 nitrogen and oxygen atoms in total. The lowest BCUT2D eigenvalue weighted by Gasteiger charge is -2.29. The molecular weight excluding hydrogens is 413 g/mol. The zero-order valence-corrected chi connectivity index (χ0v) is 16.5. The molecule has 0 aliphatic carbocycles. The summed E-state index contributed by atoms with van der Waals surface area (Å²) in [4.78, 5) is 12.9. The number of piperazine rings is 1. The van der Waals surface area contributed by atoms with Crippen molar-refractivity contribution in [2.75, 3.05) is 58.3 Å². The van der Waals surface area contributed by atoms with Crippen LogP contribution in [0.15, 0.2) is 10.5 Å². The first-order valence-corrected chi connectivity index (χ1v) is 9.23. The summed E-state index contributed by atoms with van der Waals surface area (Å²) in [7, 11) is 3.91. The van der Waals surface area contributed by atoms with Gasteiger partial charge in [-0.15, -0.1) is 0 Å². The third-order valence-corrected chi connectivity index (χ3v) is 5.27. The molecule has 2 aromatic rings. The summed E-state index contributed by atoms with van der Waals surface area (Å²) in [5.41, 5.74) is 0.208. The topological polar surface area (TPSA) is 53.5 Å². The van der Waals surface area contributed by atoms with E-state index >= 15 is 0 Å². The highest BCUT2D eigenvalue weighted by Crippen LogP contribution is 2.36. The standard InChI is InChI=1S/C16H20BrClFN5O/c1-23(2)7-8-25-16-21-14-10(9-11(18)12(17)13(14)19)15(22-16)24-5-3-20-4-6-24/h9,20H,3-8H2,1-2H3. The molecule has 1 aromatic carbocycles. The van der Waals surface area contributed by atoms with E-state index < -0.39 is 5.82 Å². The second kappa shape index (κ2) is 7.99. The molecule has 0 unspecified atom stereocenters. The van der Waals surface area contributed by atoms with Gasteiger partial charge < -0.3 is 19.9 Å². The second-order valence-electron chi connectivity index (χ2n) is 6.10. The maximum absolute atomic E-state index is 14.7. The Hall–Kier alpha value is -1.22. The Labute approximate surface area is 159 Å². The van der Waals surface area contributed by atoms with E-state index in [9.17, 15) is 4.39 Å². The molecule has 1 aliphatic rings. The van der Waals surface area contributed by atoms with Crippen LogP contribution < -0.4 is 15.0 Å². The van der Waals surface area contributed by atoms with Gasteiger partial charge in [0.1, 0.15) is 17.9 Å². The van der Waals surface area contributed by atoms with Crippen LogP contribution in [0.25, 0.3) is 10.9 Å². The number of anilines is 1. The maximum Gasteiger partial charge on any atom is 0.319 e. The predicted octanol–water partition coefficient (Wildman–Crippen LogP) is 2.53. The van der Waals surface area contributed by atoms with Gasteiger partial charge >= 0.3 is 6.01 Å². The number of ether oxygens (including phenoxy) is 1. The van der Waals surface area contributed by atoms with Crippen molar-refractivity contribution in [2.45, 2.75) is 0 Å². The fourth-order valence-electron chi connectivity index (χ4n) is 2.64. The highest BCUT2D eigenvalue weighted by atomic mass is 79.9. The average molecular weight is 433 g/mol. The summed E-state index contributed by atoms with van der Waals surface area (Å²) in [6.07, 6.45) is 0. The molecular formula is C16H20BrClFN5O. The molecule has 1 aromatic heterocycles. The lowest BCUT2D eigenvalue weighted by Crippen LogP contribution is -2.44. The zero-order valence-electron chi connectivity index (χ0n) is 14.2. The Kier molecular flexibility index (Phi) is 5.93. The minimum atomic E-state index is -0.501. The van der Waals surface area contributed by atoms with E-state index in [1.165, 1.54) is 0 Å². The molecule has 1 aliphatic heterocycles. The van der Waals surface area contributed by atoms with E-state index in [0.717, 1.165) is 32.7 Å². The van der Waals surface area contributed by atoms with Gasteiger partial charge in [-0.3, -0.25) is 0 Å². The summed E-state index contributed by atoms with van der Waals surface area (Å²) >= 11 is 9.33. The molecule has 9 heteroatoms. The minimum absolute atomic E-state index is 0.177. The Balaban J connectivity index is 2.06. The van der Waals surface area contributed by atoms with Gasteiger partial charge in [-0.2, -0.15) is 9.97 Å². The summed E-state index contributed by atoms with van der Waals surface area (Å²) in [6, 6.07) is 1.88. The van der Waals surface area contributed by atoms with Crippen molar-refractivity contribution in [1.82, 2.24) is 20.2 Å². The van der Waals surface area contributed by atoms with Crippen LogP contribution >= 0.6 is 27.5 Å². The van der Waals surface area contributed by atoms with E-state index in [2.05, 4.69) is 36.1 Å². The SMILES string of the molecule is CN(C)CCOc1nc(N2CCNCC2)c2cc(Cl)c(Br)c(F)c2n1. The van der Waals surface area contributed by atoms with Crippen molar-refractivity contribution < 1.29 is 9.13 Å². The Bertz CT molecular complexity index is 770. The van der Waals surface area contributed by atoms with Crippen molar-refractivity contribution in [3.8, 4) is 6.01 Å². The minimum Gasteiger partial charge on any atom is -0.462 e. The number of aromatic nitrogens is 2. The molecule has 1 N–H and O–H groups in total. The average Bonchev–Trinajstić information content (AvgIpc) is 2.60. The Morgan fingerprint density at radius 1 is 1.36 bits per heavy atom. The number of nitrogens with one attached hydrogen (secondary N) is 1. The van der Waals surface area contributed by atoms with Crippen LogP contribution in [0.5, 0.6) is 6.01 Å². The van der Waals surface area contributed by atoms with Gasteiger partial charge in [0.25, 0.3) is 0 Å². The molecule has 1 saturated heterocycles.